The molecule has 1 aliphatic heterocycles. The lowest BCUT2D eigenvalue weighted by molar-refractivity contribution is -0.119. The van der Waals surface area contributed by atoms with Crippen molar-refractivity contribution in [3.8, 4) is 0 Å². The van der Waals surface area contributed by atoms with Gasteiger partial charge in [-0.3, -0.25) is 19.2 Å². The van der Waals surface area contributed by atoms with Crippen LogP contribution >= 0.6 is 0 Å². The van der Waals surface area contributed by atoms with Gasteiger partial charge < -0.3 is 21.3 Å². The molecule has 0 saturated heterocycles. The molecule has 1 aliphatic rings. The second-order valence-corrected chi connectivity index (χ2v) is 9.38. The number of amides is 4. The van der Waals surface area contributed by atoms with Crippen molar-refractivity contribution in [2.24, 2.45) is 11.8 Å². The molecular formula is C26H32N4O4. The van der Waals surface area contributed by atoms with Crippen LogP contribution in [-0.2, 0) is 9.59 Å². The summed E-state index contributed by atoms with van der Waals surface area (Å²) in [6, 6.07) is 11.6. The molecule has 8 heteroatoms. The van der Waals surface area contributed by atoms with Crippen LogP contribution < -0.4 is 21.3 Å². The fraction of sp³-hybridized carbons (Fsp3) is 0.385. The Labute approximate surface area is 199 Å². The summed E-state index contributed by atoms with van der Waals surface area (Å²) in [5.41, 5.74) is 1.11. The Morgan fingerprint density at radius 1 is 0.618 bits per heavy atom. The number of carbonyl (C=O) groups is 4. The third-order valence-corrected chi connectivity index (χ3v) is 5.52. The van der Waals surface area contributed by atoms with E-state index in [9.17, 15) is 19.2 Å². The van der Waals surface area contributed by atoms with Gasteiger partial charge in [-0.25, -0.2) is 0 Å². The van der Waals surface area contributed by atoms with Crippen molar-refractivity contribution in [1.82, 2.24) is 10.6 Å². The number of carbonyl (C=O) groups excluding carboxylic acids is 4. The molecule has 0 fully saturated rings. The minimum Gasteiger partial charge on any atom is -0.340 e. The number of benzene rings is 2. The molecule has 0 aliphatic carbocycles. The SMILES string of the molecule is CC(C)C[C@@H]1NC(=O)c2ccccc2NC(=O)[C@H](CC(C)C)NC(=O)c2ccccc2NC1=O. The Kier molecular flexibility index (Phi) is 8.04. The molecule has 0 unspecified atom stereocenters. The maximum atomic E-state index is 13.2. The maximum absolute atomic E-state index is 13.2. The van der Waals surface area contributed by atoms with Crippen molar-refractivity contribution in [1.29, 1.82) is 0 Å². The molecule has 3 rings (SSSR count). The molecule has 4 N–H and O–H groups in total. The van der Waals surface area contributed by atoms with Crippen LogP contribution in [-0.4, -0.2) is 35.7 Å². The summed E-state index contributed by atoms with van der Waals surface area (Å²) in [6.07, 6.45) is 0.799. The summed E-state index contributed by atoms with van der Waals surface area (Å²) in [5, 5.41) is 11.2. The van der Waals surface area contributed by atoms with Crippen LogP contribution in [0.3, 0.4) is 0 Å². The van der Waals surface area contributed by atoms with E-state index in [1.165, 1.54) is 0 Å². The summed E-state index contributed by atoms with van der Waals surface area (Å²) >= 11 is 0. The molecule has 34 heavy (non-hydrogen) atoms. The predicted octanol–water partition coefficient (Wildman–Crippen LogP) is 3.57. The Balaban J connectivity index is 2.07. The second-order valence-electron chi connectivity index (χ2n) is 9.38. The van der Waals surface area contributed by atoms with Crippen LogP contribution in [0.2, 0.25) is 0 Å². The van der Waals surface area contributed by atoms with E-state index in [4.69, 9.17) is 0 Å². The van der Waals surface area contributed by atoms with E-state index in [-0.39, 0.29) is 23.0 Å². The number of nitrogens with one attached hydrogen (secondary N) is 4. The number of para-hydroxylation sites is 2. The van der Waals surface area contributed by atoms with E-state index in [0.717, 1.165) is 0 Å². The summed E-state index contributed by atoms with van der Waals surface area (Å²) in [4.78, 5) is 52.7. The first-order valence-corrected chi connectivity index (χ1v) is 11.6. The van der Waals surface area contributed by atoms with E-state index in [2.05, 4.69) is 21.3 Å². The molecule has 0 bridgehead atoms. The highest BCUT2D eigenvalue weighted by molar-refractivity contribution is 6.10. The fourth-order valence-electron chi connectivity index (χ4n) is 3.90. The first-order chi connectivity index (χ1) is 16.2. The van der Waals surface area contributed by atoms with Crippen LogP contribution in [0.5, 0.6) is 0 Å². The van der Waals surface area contributed by atoms with Gasteiger partial charge in [-0.05, 0) is 48.9 Å². The zero-order valence-electron chi connectivity index (χ0n) is 20.0. The lowest BCUT2D eigenvalue weighted by Crippen LogP contribution is -2.47. The van der Waals surface area contributed by atoms with Crippen molar-refractivity contribution in [3.05, 3.63) is 59.7 Å². The molecule has 1 heterocycles. The topological polar surface area (TPSA) is 116 Å². The van der Waals surface area contributed by atoms with Crippen LogP contribution in [0.4, 0.5) is 11.4 Å². The first kappa shape index (κ1) is 25.0. The number of fused-ring (bicyclic) bond motifs is 2. The van der Waals surface area contributed by atoms with Gasteiger partial charge in [-0.2, -0.15) is 0 Å². The molecule has 2 aromatic rings. The molecular weight excluding hydrogens is 432 g/mol. The molecule has 2 atom stereocenters. The average Bonchev–Trinajstić information content (AvgIpc) is 2.77. The van der Waals surface area contributed by atoms with Crippen LogP contribution in [0.15, 0.2) is 48.5 Å². The van der Waals surface area contributed by atoms with Gasteiger partial charge in [0.25, 0.3) is 11.8 Å². The summed E-state index contributed by atoms with van der Waals surface area (Å²) in [6.45, 7) is 7.81. The van der Waals surface area contributed by atoms with Gasteiger partial charge in [-0.1, -0.05) is 52.0 Å². The van der Waals surface area contributed by atoms with E-state index < -0.39 is 35.7 Å². The van der Waals surface area contributed by atoms with Crippen molar-refractivity contribution >= 4 is 35.0 Å². The standard InChI is InChI=1S/C26H32N4O4/c1-15(2)13-21-25(33)27-19-11-7-6-10-18(19)24(32)30-22(14-16(3)4)26(34)28-20-12-8-5-9-17(20)23(31)29-21/h5-12,15-16,21-22H,13-14H2,1-4H3,(H,27,33)(H,28,34)(H,29,31)(H,30,32)/t21-,22-/m0/s1. The second kappa shape index (κ2) is 11.0. The largest absolute Gasteiger partial charge is 0.340 e. The summed E-state index contributed by atoms with van der Waals surface area (Å²) < 4.78 is 0. The number of rotatable bonds is 4. The minimum absolute atomic E-state index is 0.125. The highest BCUT2D eigenvalue weighted by Crippen LogP contribution is 2.21. The van der Waals surface area contributed by atoms with Crippen molar-refractivity contribution < 1.29 is 19.2 Å². The Bertz CT molecular complexity index is 994. The number of hydrogen-bond acceptors (Lipinski definition) is 4. The zero-order chi connectivity index (χ0) is 24.8. The van der Waals surface area contributed by atoms with Crippen LogP contribution in [0.1, 0.15) is 61.3 Å². The minimum atomic E-state index is -0.830. The van der Waals surface area contributed by atoms with Gasteiger partial charge in [-0.15, -0.1) is 0 Å². The first-order valence-electron chi connectivity index (χ1n) is 11.6. The van der Waals surface area contributed by atoms with E-state index in [0.29, 0.717) is 24.2 Å². The lowest BCUT2D eigenvalue weighted by Gasteiger charge is -2.24. The average molecular weight is 465 g/mol. The van der Waals surface area contributed by atoms with Crippen molar-refractivity contribution in [3.63, 3.8) is 0 Å². The van der Waals surface area contributed by atoms with E-state index in [1.54, 1.807) is 48.5 Å². The highest BCUT2D eigenvalue weighted by atomic mass is 16.2. The van der Waals surface area contributed by atoms with Gasteiger partial charge >= 0.3 is 0 Å². The molecule has 4 amide bonds. The van der Waals surface area contributed by atoms with Gasteiger partial charge in [0.05, 0.1) is 22.5 Å². The molecule has 0 aromatic heterocycles. The summed E-state index contributed by atoms with van der Waals surface area (Å²) in [7, 11) is 0. The maximum Gasteiger partial charge on any atom is 0.254 e. The van der Waals surface area contributed by atoms with E-state index >= 15 is 0 Å². The summed E-state index contributed by atoms with van der Waals surface area (Å²) in [5.74, 6) is -1.52. The highest BCUT2D eigenvalue weighted by Gasteiger charge is 2.28. The van der Waals surface area contributed by atoms with Crippen LogP contribution in [0, 0.1) is 11.8 Å². The number of hydrogen-bond donors (Lipinski definition) is 4. The van der Waals surface area contributed by atoms with Crippen molar-refractivity contribution in [2.45, 2.75) is 52.6 Å². The van der Waals surface area contributed by atoms with Crippen LogP contribution in [0.25, 0.3) is 0 Å². The number of anilines is 2. The fourth-order valence-corrected chi connectivity index (χ4v) is 3.90. The zero-order valence-corrected chi connectivity index (χ0v) is 20.0. The predicted molar refractivity (Wildman–Crippen MR) is 132 cm³/mol. The van der Waals surface area contributed by atoms with Gasteiger partial charge in [0, 0.05) is 0 Å². The van der Waals surface area contributed by atoms with Gasteiger partial charge in [0.2, 0.25) is 11.8 Å². The van der Waals surface area contributed by atoms with Crippen molar-refractivity contribution in [2.75, 3.05) is 10.6 Å². The third kappa shape index (κ3) is 6.21. The lowest BCUT2D eigenvalue weighted by atomic mass is 10.0. The third-order valence-electron chi connectivity index (χ3n) is 5.52. The Morgan fingerprint density at radius 3 is 1.32 bits per heavy atom. The molecule has 0 spiro atoms. The molecule has 2 aromatic carbocycles. The quantitative estimate of drug-likeness (QED) is 0.553. The molecule has 0 saturated carbocycles. The monoisotopic (exact) mass is 464 g/mol. The Hall–Kier alpha value is -3.68. The molecule has 0 radical (unpaired) electrons. The normalized spacial score (nSPS) is 19.4. The van der Waals surface area contributed by atoms with Gasteiger partial charge in [0.1, 0.15) is 12.1 Å². The van der Waals surface area contributed by atoms with Gasteiger partial charge in [0.15, 0.2) is 0 Å². The Morgan fingerprint density at radius 2 is 0.971 bits per heavy atom. The molecule has 180 valence electrons. The molecule has 8 nitrogen and oxygen atoms in total. The smallest absolute Gasteiger partial charge is 0.254 e. The van der Waals surface area contributed by atoms with E-state index in [1.807, 2.05) is 27.7 Å².